The van der Waals surface area contributed by atoms with Crippen LogP contribution in [0, 0.1) is 12.7 Å². The maximum Gasteiger partial charge on any atom is 0.326 e. The minimum Gasteiger partial charge on any atom is -0.480 e. The first-order valence-corrected chi connectivity index (χ1v) is 7.78. The zero-order valence-corrected chi connectivity index (χ0v) is 13.7. The Balaban J connectivity index is 2.35. The van der Waals surface area contributed by atoms with Crippen LogP contribution in [0.2, 0.25) is 0 Å². The van der Waals surface area contributed by atoms with Gasteiger partial charge < -0.3 is 5.11 Å². The highest BCUT2D eigenvalue weighted by molar-refractivity contribution is 6.00. The molecule has 0 heterocycles. The lowest BCUT2D eigenvalue weighted by Crippen LogP contribution is -2.45. The molecule has 2 aromatic rings. The molecule has 0 radical (unpaired) electrons. The number of aryl methyl sites for hydroxylation is 1. The molecule has 126 valence electrons. The van der Waals surface area contributed by atoms with Crippen molar-refractivity contribution in [3.63, 3.8) is 0 Å². The number of amides is 1. The molecule has 0 spiro atoms. The lowest BCUT2D eigenvalue weighted by Gasteiger charge is -2.28. The summed E-state index contributed by atoms with van der Waals surface area (Å²) >= 11 is 0. The monoisotopic (exact) mass is 329 g/mol. The molecule has 0 aliphatic heterocycles. The van der Waals surface area contributed by atoms with E-state index in [2.05, 4.69) is 0 Å². The van der Waals surface area contributed by atoms with Crippen LogP contribution in [0.1, 0.15) is 24.5 Å². The van der Waals surface area contributed by atoms with Crippen LogP contribution in [0.4, 0.5) is 10.1 Å². The van der Waals surface area contributed by atoms with E-state index in [1.807, 2.05) is 19.1 Å². The first kappa shape index (κ1) is 17.7. The number of halogens is 1. The molecule has 0 aromatic heterocycles. The van der Waals surface area contributed by atoms with Gasteiger partial charge in [0, 0.05) is 5.69 Å². The van der Waals surface area contributed by atoms with E-state index in [9.17, 15) is 19.1 Å². The summed E-state index contributed by atoms with van der Waals surface area (Å²) in [5.41, 5.74) is 2.05. The number of rotatable bonds is 6. The molecule has 1 atom stereocenters. The van der Waals surface area contributed by atoms with Gasteiger partial charge in [-0.15, -0.1) is 0 Å². The fraction of sp³-hybridized carbons (Fsp3) is 0.263. The summed E-state index contributed by atoms with van der Waals surface area (Å²) in [7, 11) is 0. The Labute approximate surface area is 140 Å². The molecule has 2 rings (SSSR count). The van der Waals surface area contributed by atoms with Crippen LogP contribution in [0.15, 0.2) is 48.5 Å². The van der Waals surface area contributed by atoms with E-state index >= 15 is 0 Å². The van der Waals surface area contributed by atoms with E-state index in [0.717, 1.165) is 5.56 Å². The van der Waals surface area contributed by atoms with E-state index in [4.69, 9.17) is 0 Å². The normalized spacial score (nSPS) is 11.8. The summed E-state index contributed by atoms with van der Waals surface area (Å²) in [6.45, 7) is 3.63. The van der Waals surface area contributed by atoms with Gasteiger partial charge in [0.2, 0.25) is 5.91 Å². The number of benzene rings is 2. The van der Waals surface area contributed by atoms with Crippen molar-refractivity contribution in [1.82, 2.24) is 0 Å². The summed E-state index contributed by atoms with van der Waals surface area (Å²) in [6.07, 6.45) is 0.216. The molecule has 24 heavy (non-hydrogen) atoms. The van der Waals surface area contributed by atoms with Gasteiger partial charge in [0.25, 0.3) is 0 Å². The number of hydrogen-bond acceptors (Lipinski definition) is 2. The van der Waals surface area contributed by atoms with E-state index < -0.39 is 17.8 Å². The second-order valence-electron chi connectivity index (χ2n) is 5.67. The molecule has 0 fully saturated rings. The molecule has 0 saturated carbocycles. The lowest BCUT2D eigenvalue weighted by atomic mass is 10.1. The highest BCUT2D eigenvalue weighted by Gasteiger charge is 2.29. The van der Waals surface area contributed by atoms with Gasteiger partial charge in [-0.1, -0.05) is 36.8 Å². The Morgan fingerprint density at radius 3 is 2.38 bits per heavy atom. The first-order chi connectivity index (χ1) is 11.4. The Morgan fingerprint density at radius 2 is 1.83 bits per heavy atom. The standard InChI is InChI=1S/C19H20FNO3/c1-3-17(19(23)24)21(16-9-7-13(2)8-10-16)18(22)12-14-5-4-6-15(20)11-14/h4-11,17H,3,12H2,1-2H3,(H,23,24). The molecule has 1 unspecified atom stereocenters. The SMILES string of the molecule is CCC(C(=O)O)N(C(=O)Cc1cccc(F)c1)c1ccc(C)cc1. The largest absolute Gasteiger partial charge is 0.480 e. The van der Waals surface area contributed by atoms with Gasteiger partial charge >= 0.3 is 5.97 Å². The first-order valence-electron chi connectivity index (χ1n) is 7.78. The number of carboxylic acid groups (broad SMARTS) is 1. The number of nitrogens with zero attached hydrogens (tertiary/aromatic N) is 1. The van der Waals surface area contributed by atoms with Crippen LogP contribution in [0.3, 0.4) is 0 Å². The molecular weight excluding hydrogens is 309 g/mol. The average Bonchev–Trinajstić information content (AvgIpc) is 2.53. The van der Waals surface area contributed by atoms with Crippen molar-refractivity contribution in [3.05, 3.63) is 65.5 Å². The number of carboxylic acids is 1. The molecular formula is C19H20FNO3. The lowest BCUT2D eigenvalue weighted by molar-refractivity contribution is -0.140. The van der Waals surface area contributed by atoms with Crippen LogP contribution < -0.4 is 4.90 Å². The smallest absolute Gasteiger partial charge is 0.326 e. The number of hydrogen-bond donors (Lipinski definition) is 1. The third-order valence-electron chi connectivity index (χ3n) is 3.81. The van der Waals surface area contributed by atoms with Gasteiger partial charge in [-0.3, -0.25) is 9.69 Å². The van der Waals surface area contributed by atoms with E-state index in [1.54, 1.807) is 25.1 Å². The number of anilines is 1. The van der Waals surface area contributed by atoms with Crippen molar-refractivity contribution in [2.75, 3.05) is 4.90 Å². The highest BCUT2D eigenvalue weighted by Crippen LogP contribution is 2.21. The third kappa shape index (κ3) is 4.19. The van der Waals surface area contributed by atoms with Crippen LogP contribution in [-0.2, 0) is 16.0 Å². The minimum absolute atomic E-state index is 0.0601. The van der Waals surface area contributed by atoms with Gasteiger partial charge in [-0.05, 0) is 43.2 Å². The molecule has 4 nitrogen and oxygen atoms in total. The van der Waals surface area contributed by atoms with Crippen LogP contribution in [0.25, 0.3) is 0 Å². The fourth-order valence-electron chi connectivity index (χ4n) is 2.58. The number of carbonyl (C=O) groups excluding carboxylic acids is 1. The van der Waals surface area contributed by atoms with Crippen molar-refractivity contribution in [1.29, 1.82) is 0 Å². The quantitative estimate of drug-likeness (QED) is 0.881. The number of carbonyl (C=O) groups is 2. The molecule has 2 aromatic carbocycles. The van der Waals surface area contributed by atoms with Gasteiger partial charge in [-0.25, -0.2) is 9.18 Å². The van der Waals surface area contributed by atoms with Gasteiger partial charge in [0.15, 0.2) is 0 Å². The van der Waals surface area contributed by atoms with Gasteiger partial charge in [-0.2, -0.15) is 0 Å². The Kier molecular flexibility index (Phi) is 5.68. The van der Waals surface area contributed by atoms with Crippen molar-refractivity contribution < 1.29 is 19.1 Å². The van der Waals surface area contributed by atoms with Crippen LogP contribution in [-0.4, -0.2) is 23.0 Å². The Morgan fingerprint density at radius 1 is 1.17 bits per heavy atom. The zero-order valence-electron chi connectivity index (χ0n) is 13.7. The second-order valence-corrected chi connectivity index (χ2v) is 5.67. The fourth-order valence-corrected chi connectivity index (χ4v) is 2.58. The van der Waals surface area contributed by atoms with Gasteiger partial charge in [0.1, 0.15) is 11.9 Å². The molecule has 1 N–H and O–H groups in total. The van der Waals surface area contributed by atoms with Crippen molar-refractivity contribution in [2.45, 2.75) is 32.7 Å². The molecule has 5 heteroatoms. The molecule has 0 aliphatic carbocycles. The van der Waals surface area contributed by atoms with Crippen LogP contribution >= 0.6 is 0 Å². The Bertz CT molecular complexity index is 728. The topological polar surface area (TPSA) is 57.6 Å². The van der Waals surface area contributed by atoms with Crippen molar-refractivity contribution in [3.8, 4) is 0 Å². The van der Waals surface area contributed by atoms with Crippen molar-refractivity contribution in [2.24, 2.45) is 0 Å². The number of aliphatic carboxylic acids is 1. The Hall–Kier alpha value is -2.69. The maximum absolute atomic E-state index is 13.3. The molecule has 0 saturated heterocycles. The highest BCUT2D eigenvalue weighted by atomic mass is 19.1. The summed E-state index contributed by atoms with van der Waals surface area (Å²) < 4.78 is 13.3. The second kappa shape index (κ2) is 7.73. The van der Waals surface area contributed by atoms with Crippen LogP contribution in [0.5, 0.6) is 0 Å². The summed E-state index contributed by atoms with van der Waals surface area (Å²) in [5, 5.41) is 9.46. The summed E-state index contributed by atoms with van der Waals surface area (Å²) in [5.74, 6) is -1.86. The minimum atomic E-state index is -1.06. The molecule has 1 amide bonds. The molecule has 0 aliphatic rings. The van der Waals surface area contributed by atoms with Gasteiger partial charge in [0.05, 0.1) is 6.42 Å². The predicted octanol–water partition coefficient (Wildman–Crippen LogP) is 3.57. The zero-order chi connectivity index (χ0) is 17.7. The van der Waals surface area contributed by atoms with E-state index in [-0.39, 0.29) is 18.7 Å². The summed E-state index contributed by atoms with van der Waals surface area (Å²) in [6, 6.07) is 11.9. The third-order valence-corrected chi connectivity index (χ3v) is 3.81. The van der Waals surface area contributed by atoms with E-state index in [0.29, 0.717) is 11.3 Å². The summed E-state index contributed by atoms with van der Waals surface area (Å²) in [4.78, 5) is 25.6. The average molecular weight is 329 g/mol. The maximum atomic E-state index is 13.3. The predicted molar refractivity (Wildman–Crippen MR) is 90.5 cm³/mol. The van der Waals surface area contributed by atoms with Crippen molar-refractivity contribution >= 4 is 17.6 Å². The van der Waals surface area contributed by atoms with E-state index in [1.165, 1.54) is 23.1 Å². The molecule has 0 bridgehead atoms.